The molecule has 4 aromatic carbocycles. The van der Waals surface area contributed by atoms with Crippen LogP contribution in [0.15, 0.2) is 78.9 Å². The van der Waals surface area contributed by atoms with Crippen LogP contribution in [0.3, 0.4) is 0 Å². The summed E-state index contributed by atoms with van der Waals surface area (Å²) >= 11 is 12.3. The predicted molar refractivity (Wildman–Crippen MR) is 194 cm³/mol. The summed E-state index contributed by atoms with van der Waals surface area (Å²) in [4.78, 5) is 31.6. The number of aromatic amines is 1. The van der Waals surface area contributed by atoms with E-state index < -0.39 is 12.0 Å². The topological polar surface area (TPSA) is 132 Å². The van der Waals surface area contributed by atoms with E-state index in [4.69, 9.17) is 37.4 Å². The molecule has 6 aromatic rings. The Hall–Kier alpha value is -5.52. The second-order valence-electron chi connectivity index (χ2n) is 11.7. The van der Waals surface area contributed by atoms with E-state index in [0.29, 0.717) is 56.5 Å². The number of carbonyl (C=O) groups is 2. The molecule has 0 aliphatic rings. The zero-order valence-electron chi connectivity index (χ0n) is 27.9. The maximum atomic E-state index is 13.8. The van der Waals surface area contributed by atoms with Gasteiger partial charge in [0.2, 0.25) is 11.4 Å². The first-order chi connectivity index (χ1) is 24.0. The molecule has 6 rings (SSSR count). The van der Waals surface area contributed by atoms with Gasteiger partial charge in [-0.1, -0.05) is 65.5 Å². The molecule has 0 aliphatic carbocycles. The Morgan fingerprint density at radius 3 is 2.34 bits per heavy atom. The lowest BCUT2D eigenvalue weighted by molar-refractivity contribution is -0.122. The van der Waals surface area contributed by atoms with Crippen molar-refractivity contribution in [3.63, 3.8) is 0 Å². The standard InChI is InChI=1S/C37H34Cl2N6O5/c1-6-29(50-30-16-9-21(3)17-22(30)4)36(46)40-24-11-15-28(31(19-24)48-5)41-37(47)32-33(49-25-12-7-20(2)8-13-25)35-42-34(44-45(35)43-32)23-10-14-26(38)27(39)18-23/h7-19,29,43H,6H2,1-5H3,(H,40,46)(H,41,47). The number of aromatic nitrogens is 4. The normalized spacial score (nSPS) is 11.7. The van der Waals surface area contributed by atoms with Crippen LogP contribution in [0.2, 0.25) is 10.0 Å². The van der Waals surface area contributed by atoms with Crippen molar-refractivity contribution in [3.8, 4) is 34.4 Å². The molecule has 1 unspecified atom stereocenters. The highest BCUT2D eigenvalue weighted by Crippen LogP contribution is 2.34. The summed E-state index contributed by atoms with van der Waals surface area (Å²) in [7, 11) is 1.47. The maximum Gasteiger partial charge on any atom is 0.277 e. The summed E-state index contributed by atoms with van der Waals surface area (Å²) in [5, 5.41) is 14.0. The fraction of sp³-hybridized carbons (Fsp3) is 0.189. The molecular weight excluding hydrogens is 679 g/mol. The number of benzene rings is 4. The van der Waals surface area contributed by atoms with Gasteiger partial charge in [0.25, 0.3) is 11.8 Å². The molecule has 0 saturated carbocycles. The third-order valence-electron chi connectivity index (χ3n) is 7.88. The van der Waals surface area contributed by atoms with E-state index in [1.807, 2.05) is 58.0 Å². The Balaban J connectivity index is 1.25. The molecule has 11 nitrogen and oxygen atoms in total. The van der Waals surface area contributed by atoms with Crippen molar-refractivity contribution in [2.24, 2.45) is 0 Å². The number of H-pyrrole nitrogens is 1. The highest BCUT2D eigenvalue weighted by atomic mass is 35.5. The molecule has 0 fully saturated rings. The number of methoxy groups -OCH3 is 1. The molecule has 0 saturated heterocycles. The number of ether oxygens (including phenoxy) is 3. The Morgan fingerprint density at radius 1 is 0.880 bits per heavy atom. The smallest absolute Gasteiger partial charge is 0.277 e. The largest absolute Gasteiger partial charge is 0.494 e. The molecule has 256 valence electrons. The van der Waals surface area contributed by atoms with E-state index >= 15 is 0 Å². The third-order valence-corrected chi connectivity index (χ3v) is 8.62. The SMILES string of the molecule is CCC(Oc1ccc(C)cc1C)C(=O)Nc1ccc(NC(=O)c2[nH]n3nc(-c4ccc(Cl)c(Cl)c4)nc3c2Oc2ccc(C)cc2)c(OC)c1. The summed E-state index contributed by atoms with van der Waals surface area (Å²) in [5.41, 5.74) is 4.89. The summed E-state index contributed by atoms with van der Waals surface area (Å²) in [6, 6.07) is 23.2. The Morgan fingerprint density at radius 2 is 1.64 bits per heavy atom. The molecule has 0 aliphatic heterocycles. The van der Waals surface area contributed by atoms with Crippen LogP contribution in [0.4, 0.5) is 11.4 Å². The zero-order chi connectivity index (χ0) is 35.5. The van der Waals surface area contributed by atoms with E-state index in [-0.39, 0.29) is 23.0 Å². The highest BCUT2D eigenvalue weighted by Gasteiger charge is 2.26. The van der Waals surface area contributed by atoms with E-state index in [9.17, 15) is 9.59 Å². The number of hydrogen-bond acceptors (Lipinski definition) is 7. The first-order valence-corrected chi connectivity index (χ1v) is 16.5. The molecule has 2 amide bonds. The number of nitrogens with one attached hydrogen (secondary N) is 3. The van der Waals surface area contributed by atoms with Crippen LogP contribution in [-0.2, 0) is 4.79 Å². The first-order valence-electron chi connectivity index (χ1n) is 15.8. The molecule has 0 spiro atoms. The molecule has 50 heavy (non-hydrogen) atoms. The van der Waals surface area contributed by atoms with E-state index in [1.54, 1.807) is 48.5 Å². The van der Waals surface area contributed by atoms with Crippen molar-refractivity contribution in [1.82, 2.24) is 19.8 Å². The number of aryl methyl sites for hydroxylation is 3. The number of hydrogen-bond donors (Lipinski definition) is 3. The number of halogens is 2. The highest BCUT2D eigenvalue weighted by molar-refractivity contribution is 6.42. The fourth-order valence-corrected chi connectivity index (χ4v) is 5.52. The van der Waals surface area contributed by atoms with Crippen molar-refractivity contribution in [1.29, 1.82) is 0 Å². The summed E-state index contributed by atoms with van der Waals surface area (Å²) in [5.74, 6) is 1.11. The molecular formula is C37H34Cl2N6O5. The number of anilines is 2. The van der Waals surface area contributed by atoms with E-state index in [1.165, 1.54) is 11.7 Å². The van der Waals surface area contributed by atoms with Crippen LogP contribution in [0.25, 0.3) is 17.0 Å². The number of amides is 2. The second kappa shape index (κ2) is 14.5. The van der Waals surface area contributed by atoms with Crippen LogP contribution in [-0.4, -0.2) is 44.8 Å². The number of carbonyl (C=O) groups excluding carboxylic acids is 2. The van der Waals surface area contributed by atoms with E-state index in [0.717, 1.165) is 16.7 Å². The van der Waals surface area contributed by atoms with Gasteiger partial charge in [-0.3, -0.25) is 14.7 Å². The Labute approximate surface area is 298 Å². The van der Waals surface area contributed by atoms with Gasteiger partial charge in [0.05, 0.1) is 22.8 Å². The lowest BCUT2D eigenvalue weighted by Gasteiger charge is -2.19. The van der Waals surface area contributed by atoms with Gasteiger partial charge < -0.3 is 24.8 Å². The van der Waals surface area contributed by atoms with Gasteiger partial charge >= 0.3 is 0 Å². The lowest BCUT2D eigenvalue weighted by Crippen LogP contribution is -2.32. The first kappa shape index (κ1) is 34.3. The minimum atomic E-state index is -0.716. The molecule has 3 N–H and O–H groups in total. The minimum Gasteiger partial charge on any atom is -0.494 e. The van der Waals surface area contributed by atoms with Gasteiger partial charge in [-0.15, -0.1) is 9.73 Å². The number of fused-ring (bicyclic) bond motifs is 1. The van der Waals surface area contributed by atoms with Crippen molar-refractivity contribution in [3.05, 3.63) is 111 Å². The summed E-state index contributed by atoms with van der Waals surface area (Å²) in [6.45, 7) is 7.79. The van der Waals surface area contributed by atoms with Gasteiger partial charge in [-0.2, -0.15) is 0 Å². The van der Waals surface area contributed by atoms with Crippen LogP contribution in [0.1, 0.15) is 40.5 Å². The molecule has 0 radical (unpaired) electrons. The van der Waals surface area contributed by atoms with Crippen LogP contribution in [0, 0.1) is 20.8 Å². The van der Waals surface area contributed by atoms with Gasteiger partial charge in [0.1, 0.15) is 17.2 Å². The number of nitrogens with zero attached hydrogens (tertiary/aromatic N) is 3. The van der Waals surface area contributed by atoms with E-state index in [2.05, 4.69) is 25.8 Å². The number of rotatable bonds is 11. The van der Waals surface area contributed by atoms with Crippen molar-refractivity contribution >= 4 is 52.0 Å². The monoisotopic (exact) mass is 712 g/mol. The van der Waals surface area contributed by atoms with Gasteiger partial charge in [-0.05, 0) is 81.3 Å². The van der Waals surface area contributed by atoms with Crippen LogP contribution >= 0.6 is 23.2 Å². The molecule has 2 heterocycles. The van der Waals surface area contributed by atoms with Crippen molar-refractivity contribution < 1.29 is 23.8 Å². The lowest BCUT2D eigenvalue weighted by atomic mass is 10.1. The van der Waals surface area contributed by atoms with Gasteiger partial charge in [0.15, 0.2) is 17.6 Å². The minimum absolute atomic E-state index is 0.0648. The van der Waals surface area contributed by atoms with Gasteiger partial charge in [-0.25, -0.2) is 4.98 Å². The quantitative estimate of drug-likeness (QED) is 0.122. The average molecular weight is 714 g/mol. The molecule has 0 bridgehead atoms. The van der Waals surface area contributed by atoms with Crippen molar-refractivity contribution in [2.75, 3.05) is 17.7 Å². The Bertz CT molecular complexity index is 2210. The molecule has 1 atom stereocenters. The predicted octanol–water partition coefficient (Wildman–Crippen LogP) is 8.81. The van der Waals surface area contributed by atoms with Crippen molar-refractivity contribution in [2.45, 2.75) is 40.2 Å². The maximum absolute atomic E-state index is 13.8. The molecule has 2 aromatic heterocycles. The third kappa shape index (κ3) is 7.39. The van der Waals surface area contributed by atoms with Crippen LogP contribution in [0.5, 0.6) is 23.0 Å². The summed E-state index contributed by atoms with van der Waals surface area (Å²) < 4.78 is 19.2. The zero-order valence-corrected chi connectivity index (χ0v) is 29.4. The Kier molecular flexibility index (Phi) is 9.98. The molecule has 13 heteroatoms. The van der Waals surface area contributed by atoms with Gasteiger partial charge in [0, 0.05) is 17.3 Å². The average Bonchev–Trinajstić information content (AvgIpc) is 3.66. The summed E-state index contributed by atoms with van der Waals surface area (Å²) in [6.07, 6.45) is -0.257. The van der Waals surface area contributed by atoms with Crippen LogP contribution < -0.4 is 24.8 Å². The second-order valence-corrected chi connectivity index (χ2v) is 12.5. The fourth-order valence-electron chi connectivity index (χ4n) is 5.22.